The summed E-state index contributed by atoms with van der Waals surface area (Å²) in [4.78, 5) is 0. The molecule has 0 aliphatic heterocycles. The average molecular weight is 280 g/mol. The third kappa shape index (κ3) is 3.15. The normalized spacial score (nSPS) is 11.1. The van der Waals surface area contributed by atoms with Gasteiger partial charge >= 0.3 is 0 Å². The summed E-state index contributed by atoms with van der Waals surface area (Å²) in [5, 5.41) is 1.27. The molecule has 0 unspecified atom stereocenters. The summed E-state index contributed by atoms with van der Waals surface area (Å²) in [6.07, 6.45) is 2.99. The number of nitrogens with zero attached hydrogens (tertiary/aromatic N) is 1. The van der Waals surface area contributed by atoms with Crippen LogP contribution in [0.25, 0.3) is 10.9 Å². The van der Waals surface area contributed by atoms with Crippen LogP contribution in [0.15, 0.2) is 60.8 Å². The van der Waals surface area contributed by atoms with E-state index in [9.17, 15) is 0 Å². The third-order valence-corrected chi connectivity index (χ3v) is 3.66. The highest BCUT2D eigenvalue weighted by molar-refractivity contribution is 5.83. The Morgan fingerprint density at radius 2 is 1.81 bits per heavy atom. The molecule has 0 radical (unpaired) electrons. The van der Waals surface area contributed by atoms with Gasteiger partial charge in [-0.3, -0.25) is 0 Å². The van der Waals surface area contributed by atoms with Crippen LogP contribution in [-0.2, 0) is 24.5 Å². The lowest BCUT2D eigenvalue weighted by Gasteiger charge is -2.08. The van der Waals surface area contributed by atoms with E-state index in [-0.39, 0.29) is 0 Å². The summed E-state index contributed by atoms with van der Waals surface area (Å²) in [5.41, 5.74) is 9.37. The number of hydrogen-bond donors (Lipinski definition) is 1. The summed E-state index contributed by atoms with van der Waals surface area (Å²) in [7, 11) is 0. The smallest absolute Gasteiger partial charge is 0.123 e. The standard InChI is InChI=1S/C18H20N2O/c19-11-9-16-7-4-8-18-17(16)10-12-20(18)14-21-13-15-5-2-1-3-6-15/h1-8,10,12H,9,11,13-14,19H2. The molecule has 0 aliphatic rings. The largest absolute Gasteiger partial charge is 0.356 e. The van der Waals surface area contributed by atoms with Gasteiger partial charge in [0.05, 0.1) is 12.1 Å². The van der Waals surface area contributed by atoms with E-state index in [4.69, 9.17) is 10.5 Å². The lowest BCUT2D eigenvalue weighted by molar-refractivity contribution is 0.0668. The number of benzene rings is 2. The van der Waals surface area contributed by atoms with Gasteiger partial charge in [-0.15, -0.1) is 0 Å². The number of fused-ring (bicyclic) bond motifs is 1. The average Bonchev–Trinajstić information content (AvgIpc) is 2.93. The molecule has 0 saturated heterocycles. The van der Waals surface area contributed by atoms with Gasteiger partial charge in [0.1, 0.15) is 6.73 Å². The molecule has 3 nitrogen and oxygen atoms in total. The van der Waals surface area contributed by atoms with Crippen LogP contribution >= 0.6 is 0 Å². The number of rotatable bonds is 6. The number of ether oxygens (including phenoxy) is 1. The minimum Gasteiger partial charge on any atom is -0.356 e. The molecule has 0 fully saturated rings. The Labute approximate surface area is 125 Å². The minimum atomic E-state index is 0.560. The van der Waals surface area contributed by atoms with Gasteiger partial charge in [-0.1, -0.05) is 42.5 Å². The number of nitrogens with two attached hydrogens (primary N) is 1. The molecule has 3 rings (SSSR count). The lowest BCUT2D eigenvalue weighted by atomic mass is 10.1. The summed E-state index contributed by atoms with van der Waals surface area (Å²) >= 11 is 0. The predicted octanol–water partition coefficient (Wildman–Crippen LogP) is 3.32. The maximum absolute atomic E-state index is 5.81. The Morgan fingerprint density at radius 3 is 2.62 bits per heavy atom. The van der Waals surface area contributed by atoms with Crippen molar-refractivity contribution in [2.75, 3.05) is 6.54 Å². The van der Waals surface area contributed by atoms with Crippen molar-refractivity contribution in [1.82, 2.24) is 4.57 Å². The van der Waals surface area contributed by atoms with Gasteiger partial charge < -0.3 is 15.0 Å². The molecule has 21 heavy (non-hydrogen) atoms. The summed E-state index contributed by atoms with van der Waals surface area (Å²) in [5.74, 6) is 0. The highest BCUT2D eigenvalue weighted by Crippen LogP contribution is 2.20. The van der Waals surface area contributed by atoms with E-state index in [1.54, 1.807) is 0 Å². The molecule has 2 N–H and O–H groups in total. The van der Waals surface area contributed by atoms with Crippen molar-refractivity contribution in [2.45, 2.75) is 19.8 Å². The third-order valence-electron chi connectivity index (χ3n) is 3.66. The number of aromatic nitrogens is 1. The topological polar surface area (TPSA) is 40.2 Å². The highest BCUT2D eigenvalue weighted by Gasteiger charge is 2.05. The zero-order chi connectivity index (χ0) is 14.5. The predicted molar refractivity (Wildman–Crippen MR) is 85.9 cm³/mol. The second-order valence-corrected chi connectivity index (χ2v) is 5.14. The van der Waals surface area contributed by atoms with Crippen molar-refractivity contribution in [3.63, 3.8) is 0 Å². The summed E-state index contributed by atoms with van der Waals surface area (Å²) in [6, 6.07) is 18.7. The summed E-state index contributed by atoms with van der Waals surface area (Å²) in [6.45, 7) is 1.86. The molecule has 0 amide bonds. The fourth-order valence-electron chi connectivity index (χ4n) is 2.61. The van der Waals surface area contributed by atoms with Crippen molar-refractivity contribution in [1.29, 1.82) is 0 Å². The fraction of sp³-hybridized carbons (Fsp3) is 0.222. The SMILES string of the molecule is NCCc1cccc2c1ccn2COCc1ccccc1. The van der Waals surface area contributed by atoms with Crippen LogP contribution in [0.3, 0.4) is 0 Å². The van der Waals surface area contributed by atoms with E-state index in [0.29, 0.717) is 19.9 Å². The van der Waals surface area contributed by atoms with Gasteiger partial charge in [-0.05, 0) is 36.2 Å². The maximum atomic E-state index is 5.81. The van der Waals surface area contributed by atoms with E-state index in [2.05, 4.69) is 47.2 Å². The van der Waals surface area contributed by atoms with Gasteiger partial charge in [0.25, 0.3) is 0 Å². The van der Waals surface area contributed by atoms with Crippen molar-refractivity contribution in [3.8, 4) is 0 Å². The second-order valence-electron chi connectivity index (χ2n) is 5.14. The Balaban J connectivity index is 1.71. The van der Waals surface area contributed by atoms with Crippen LogP contribution in [0.4, 0.5) is 0 Å². The van der Waals surface area contributed by atoms with Gasteiger partial charge in [-0.25, -0.2) is 0 Å². The van der Waals surface area contributed by atoms with E-state index in [1.807, 2.05) is 18.2 Å². The Morgan fingerprint density at radius 1 is 0.952 bits per heavy atom. The molecular formula is C18H20N2O. The first-order valence-electron chi connectivity index (χ1n) is 7.27. The monoisotopic (exact) mass is 280 g/mol. The van der Waals surface area contributed by atoms with Gasteiger partial charge in [0, 0.05) is 11.6 Å². The van der Waals surface area contributed by atoms with Gasteiger partial charge in [-0.2, -0.15) is 0 Å². The minimum absolute atomic E-state index is 0.560. The molecular weight excluding hydrogens is 260 g/mol. The van der Waals surface area contributed by atoms with Gasteiger partial charge in [0.15, 0.2) is 0 Å². The molecule has 3 heteroatoms. The Kier molecular flexibility index (Phi) is 4.34. The van der Waals surface area contributed by atoms with Crippen LogP contribution < -0.4 is 5.73 Å². The van der Waals surface area contributed by atoms with Crippen LogP contribution in [-0.4, -0.2) is 11.1 Å². The first kappa shape index (κ1) is 13.9. The molecule has 0 atom stereocenters. The van der Waals surface area contributed by atoms with E-state index >= 15 is 0 Å². The Bertz CT molecular complexity index is 704. The quantitative estimate of drug-likeness (QED) is 0.752. The Hall–Kier alpha value is -2.10. The van der Waals surface area contributed by atoms with Crippen LogP contribution in [0.1, 0.15) is 11.1 Å². The van der Waals surface area contributed by atoms with Crippen molar-refractivity contribution in [3.05, 3.63) is 71.9 Å². The zero-order valence-corrected chi connectivity index (χ0v) is 12.0. The van der Waals surface area contributed by atoms with E-state index in [1.165, 1.54) is 22.0 Å². The summed E-state index contributed by atoms with van der Waals surface area (Å²) < 4.78 is 7.95. The first-order valence-corrected chi connectivity index (χ1v) is 7.27. The molecule has 0 aliphatic carbocycles. The number of hydrogen-bond acceptors (Lipinski definition) is 2. The van der Waals surface area contributed by atoms with Crippen LogP contribution in [0.5, 0.6) is 0 Å². The zero-order valence-electron chi connectivity index (χ0n) is 12.0. The molecule has 108 valence electrons. The van der Waals surface area contributed by atoms with E-state index < -0.39 is 0 Å². The van der Waals surface area contributed by atoms with Crippen molar-refractivity contribution in [2.24, 2.45) is 5.73 Å². The van der Waals surface area contributed by atoms with Crippen molar-refractivity contribution >= 4 is 10.9 Å². The molecule has 1 aromatic heterocycles. The van der Waals surface area contributed by atoms with Crippen LogP contribution in [0.2, 0.25) is 0 Å². The second kappa shape index (κ2) is 6.57. The first-order chi connectivity index (χ1) is 10.4. The molecule has 1 heterocycles. The molecule has 3 aromatic rings. The molecule has 0 bridgehead atoms. The highest BCUT2D eigenvalue weighted by atomic mass is 16.5. The maximum Gasteiger partial charge on any atom is 0.123 e. The molecule has 0 saturated carbocycles. The van der Waals surface area contributed by atoms with Crippen molar-refractivity contribution < 1.29 is 4.74 Å². The van der Waals surface area contributed by atoms with Crippen LogP contribution in [0, 0.1) is 0 Å². The molecule has 2 aromatic carbocycles. The van der Waals surface area contributed by atoms with Gasteiger partial charge in [0.2, 0.25) is 0 Å². The van der Waals surface area contributed by atoms with E-state index in [0.717, 1.165) is 6.42 Å². The fourth-order valence-corrected chi connectivity index (χ4v) is 2.61. The molecule has 0 spiro atoms. The lowest BCUT2D eigenvalue weighted by Crippen LogP contribution is -2.04.